The number of carbonyl (C=O) groups excluding carboxylic acids is 1. The molecule has 0 fully saturated rings. The minimum absolute atomic E-state index is 0.107. The summed E-state index contributed by atoms with van der Waals surface area (Å²) < 4.78 is 46.1. The van der Waals surface area contributed by atoms with Gasteiger partial charge in [0.2, 0.25) is 0 Å². The number of amides is 1. The highest BCUT2D eigenvalue weighted by molar-refractivity contribution is 7.92. The fourth-order valence-corrected chi connectivity index (χ4v) is 4.20. The summed E-state index contributed by atoms with van der Waals surface area (Å²) in [5, 5.41) is 3.53. The van der Waals surface area contributed by atoms with Gasteiger partial charge in [-0.2, -0.15) is 0 Å². The third-order valence-electron chi connectivity index (χ3n) is 4.66. The van der Waals surface area contributed by atoms with Crippen LogP contribution in [0.1, 0.15) is 10.4 Å². The Hall–Kier alpha value is -3.85. The first-order valence-electron chi connectivity index (χ1n) is 9.21. The monoisotopic (exact) mass is 439 g/mol. The number of para-hydroxylation sites is 1. The van der Waals surface area contributed by atoms with Gasteiger partial charge in [-0.1, -0.05) is 18.2 Å². The van der Waals surface area contributed by atoms with Gasteiger partial charge in [-0.05, 0) is 48.5 Å². The van der Waals surface area contributed by atoms with Crippen LogP contribution in [0.2, 0.25) is 0 Å². The van der Waals surface area contributed by atoms with Crippen LogP contribution in [-0.2, 0) is 10.0 Å². The molecule has 0 spiro atoms. The first-order chi connectivity index (χ1) is 14.9. The van der Waals surface area contributed by atoms with Gasteiger partial charge in [0.1, 0.15) is 11.6 Å². The number of hydrogen-bond acceptors (Lipinski definition) is 4. The lowest BCUT2D eigenvalue weighted by Gasteiger charge is -2.14. The number of sulfonamides is 1. The molecule has 0 unspecified atom stereocenters. The third-order valence-corrected chi connectivity index (χ3v) is 6.04. The van der Waals surface area contributed by atoms with Crippen molar-refractivity contribution in [1.29, 1.82) is 0 Å². The van der Waals surface area contributed by atoms with E-state index >= 15 is 0 Å². The highest BCUT2D eigenvalue weighted by Gasteiger charge is 2.18. The van der Waals surface area contributed by atoms with E-state index in [0.717, 1.165) is 35.2 Å². The summed E-state index contributed by atoms with van der Waals surface area (Å²) >= 11 is 0. The number of anilines is 2. The number of methoxy groups -OCH3 is 1. The van der Waals surface area contributed by atoms with Gasteiger partial charge < -0.3 is 15.0 Å². The minimum Gasteiger partial charge on any atom is -0.495 e. The van der Waals surface area contributed by atoms with E-state index in [4.69, 9.17) is 4.74 Å². The standard InChI is InChI=1S/C22H18FN3O4S/c1-30-21-11-8-15(25-22(27)18-13-24-19-5-3-2-4-17(18)19)12-20(21)26-31(28,29)16-9-6-14(23)7-10-16/h2-13,24,26H,1H3,(H,25,27). The van der Waals surface area contributed by atoms with Gasteiger partial charge in [0.05, 0.1) is 23.3 Å². The molecule has 9 heteroatoms. The van der Waals surface area contributed by atoms with Crippen molar-refractivity contribution in [3.63, 3.8) is 0 Å². The van der Waals surface area contributed by atoms with Crippen molar-refractivity contribution in [2.45, 2.75) is 4.90 Å². The average molecular weight is 439 g/mol. The van der Waals surface area contributed by atoms with E-state index in [1.165, 1.54) is 19.2 Å². The Kier molecular flexibility index (Phi) is 5.35. The maximum Gasteiger partial charge on any atom is 0.262 e. The van der Waals surface area contributed by atoms with E-state index < -0.39 is 15.8 Å². The Morgan fingerprint density at radius 1 is 1.03 bits per heavy atom. The van der Waals surface area contributed by atoms with Crippen LogP contribution in [0.15, 0.2) is 77.8 Å². The van der Waals surface area contributed by atoms with Crippen molar-refractivity contribution in [2.75, 3.05) is 17.1 Å². The highest BCUT2D eigenvalue weighted by atomic mass is 32.2. The number of nitrogens with one attached hydrogen (secondary N) is 3. The minimum atomic E-state index is -3.99. The average Bonchev–Trinajstić information content (AvgIpc) is 3.18. The molecule has 0 bridgehead atoms. The van der Waals surface area contributed by atoms with E-state index in [9.17, 15) is 17.6 Å². The molecule has 3 N–H and O–H groups in total. The highest BCUT2D eigenvalue weighted by Crippen LogP contribution is 2.30. The normalized spacial score (nSPS) is 11.3. The first-order valence-corrected chi connectivity index (χ1v) is 10.7. The first kappa shape index (κ1) is 20.4. The zero-order chi connectivity index (χ0) is 22.0. The summed E-state index contributed by atoms with van der Waals surface area (Å²) in [6, 6.07) is 16.4. The van der Waals surface area contributed by atoms with Crippen molar-refractivity contribution in [3.05, 3.63) is 84.3 Å². The molecule has 7 nitrogen and oxygen atoms in total. The SMILES string of the molecule is COc1ccc(NC(=O)c2c[nH]c3ccccc23)cc1NS(=O)(=O)c1ccc(F)cc1. The molecule has 0 aliphatic heterocycles. The second-order valence-corrected chi connectivity index (χ2v) is 8.36. The zero-order valence-electron chi connectivity index (χ0n) is 16.3. The summed E-state index contributed by atoms with van der Waals surface area (Å²) in [5.41, 5.74) is 1.78. The van der Waals surface area contributed by atoms with Gasteiger partial charge in [0.15, 0.2) is 0 Å². The second-order valence-electron chi connectivity index (χ2n) is 6.68. The molecule has 0 radical (unpaired) electrons. The van der Waals surface area contributed by atoms with Crippen LogP contribution in [-0.4, -0.2) is 26.4 Å². The molecule has 3 aromatic carbocycles. The molecule has 31 heavy (non-hydrogen) atoms. The van der Waals surface area contributed by atoms with Crippen LogP contribution in [0, 0.1) is 5.82 Å². The van der Waals surface area contributed by atoms with Crippen molar-refractivity contribution in [2.24, 2.45) is 0 Å². The fraction of sp³-hybridized carbons (Fsp3) is 0.0455. The van der Waals surface area contributed by atoms with Crippen LogP contribution in [0.4, 0.5) is 15.8 Å². The molecular formula is C22H18FN3O4S. The van der Waals surface area contributed by atoms with E-state index in [2.05, 4.69) is 15.0 Å². The Bertz CT molecular complexity index is 1370. The number of hydrogen-bond donors (Lipinski definition) is 3. The maximum absolute atomic E-state index is 13.1. The van der Waals surface area contributed by atoms with E-state index in [-0.39, 0.29) is 22.2 Å². The number of aromatic nitrogens is 1. The molecule has 0 aliphatic carbocycles. The van der Waals surface area contributed by atoms with Gasteiger partial charge >= 0.3 is 0 Å². The number of rotatable bonds is 6. The van der Waals surface area contributed by atoms with Crippen LogP contribution >= 0.6 is 0 Å². The summed E-state index contributed by atoms with van der Waals surface area (Å²) in [6.45, 7) is 0. The zero-order valence-corrected chi connectivity index (χ0v) is 17.2. The Labute approximate surface area is 177 Å². The van der Waals surface area contributed by atoms with Crippen LogP contribution in [0.3, 0.4) is 0 Å². The fourth-order valence-electron chi connectivity index (χ4n) is 3.14. The largest absolute Gasteiger partial charge is 0.495 e. The van der Waals surface area contributed by atoms with Crippen molar-refractivity contribution < 1.29 is 22.3 Å². The Balaban J connectivity index is 1.61. The summed E-state index contributed by atoms with van der Waals surface area (Å²) in [4.78, 5) is 15.7. The van der Waals surface area contributed by atoms with Crippen molar-refractivity contribution in [1.82, 2.24) is 4.98 Å². The maximum atomic E-state index is 13.1. The predicted molar refractivity (Wildman–Crippen MR) is 116 cm³/mol. The van der Waals surface area contributed by atoms with Gasteiger partial charge in [0, 0.05) is 22.8 Å². The van der Waals surface area contributed by atoms with E-state index in [1.54, 1.807) is 12.3 Å². The lowest BCUT2D eigenvalue weighted by atomic mass is 10.1. The number of H-pyrrole nitrogens is 1. The lowest BCUT2D eigenvalue weighted by molar-refractivity contribution is 0.102. The molecule has 4 aromatic rings. The second kappa shape index (κ2) is 8.11. The van der Waals surface area contributed by atoms with Crippen molar-refractivity contribution in [3.8, 4) is 5.75 Å². The summed E-state index contributed by atoms with van der Waals surface area (Å²) in [7, 11) is -2.60. The number of fused-ring (bicyclic) bond motifs is 1. The molecule has 0 atom stereocenters. The predicted octanol–water partition coefficient (Wildman–Crippen LogP) is 4.37. The smallest absolute Gasteiger partial charge is 0.262 e. The summed E-state index contributed by atoms with van der Waals surface area (Å²) in [5.74, 6) is -0.635. The van der Waals surface area contributed by atoms with E-state index in [0.29, 0.717) is 11.3 Å². The Morgan fingerprint density at radius 3 is 2.52 bits per heavy atom. The van der Waals surface area contributed by atoms with Gasteiger partial charge in [0.25, 0.3) is 15.9 Å². The quantitative estimate of drug-likeness (QED) is 0.415. The number of halogens is 1. The summed E-state index contributed by atoms with van der Waals surface area (Å²) in [6.07, 6.45) is 1.61. The number of aromatic amines is 1. The van der Waals surface area contributed by atoms with E-state index in [1.807, 2.05) is 24.3 Å². The molecule has 1 aromatic heterocycles. The molecule has 158 valence electrons. The van der Waals surface area contributed by atoms with Gasteiger partial charge in [-0.3, -0.25) is 9.52 Å². The third kappa shape index (κ3) is 4.22. The molecule has 0 saturated heterocycles. The number of benzene rings is 3. The Morgan fingerprint density at radius 2 is 1.77 bits per heavy atom. The molecule has 1 heterocycles. The van der Waals surface area contributed by atoms with Crippen LogP contribution in [0.25, 0.3) is 10.9 Å². The molecule has 0 aliphatic rings. The number of carbonyl (C=O) groups is 1. The van der Waals surface area contributed by atoms with Gasteiger partial charge in [-0.25, -0.2) is 12.8 Å². The van der Waals surface area contributed by atoms with Crippen molar-refractivity contribution >= 4 is 38.2 Å². The molecule has 4 rings (SSSR count). The number of ether oxygens (including phenoxy) is 1. The topological polar surface area (TPSA) is 100 Å². The van der Waals surface area contributed by atoms with Gasteiger partial charge in [-0.15, -0.1) is 0 Å². The molecule has 1 amide bonds. The molecule has 0 saturated carbocycles. The lowest BCUT2D eigenvalue weighted by Crippen LogP contribution is -2.15. The van der Waals surface area contributed by atoms with Crippen LogP contribution in [0.5, 0.6) is 5.75 Å². The van der Waals surface area contributed by atoms with Crippen LogP contribution < -0.4 is 14.8 Å². The molecular weight excluding hydrogens is 421 g/mol.